The van der Waals surface area contributed by atoms with E-state index in [1.807, 2.05) is 6.92 Å². The highest BCUT2D eigenvalue weighted by molar-refractivity contribution is 9.10. The first kappa shape index (κ1) is 13.9. The van der Waals surface area contributed by atoms with E-state index in [4.69, 9.17) is 0 Å². The number of anilines is 1. The molecule has 17 heavy (non-hydrogen) atoms. The molecular formula is C13H16BrNO2. The van der Waals surface area contributed by atoms with Crippen molar-refractivity contribution in [3.63, 3.8) is 0 Å². The molecule has 0 aliphatic carbocycles. The third-order valence-corrected chi connectivity index (χ3v) is 2.71. The lowest BCUT2D eigenvalue weighted by Crippen LogP contribution is -2.12. The van der Waals surface area contributed by atoms with Crippen LogP contribution < -0.4 is 5.32 Å². The zero-order valence-electron chi connectivity index (χ0n) is 10.00. The van der Waals surface area contributed by atoms with Gasteiger partial charge in [0.15, 0.2) is 5.78 Å². The predicted molar refractivity (Wildman–Crippen MR) is 72.7 cm³/mol. The number of rotatable bonds is 5. The van der Waals surface area contributed by atoms with Gasteiger partial charge in [0.1, 0.15) is 0 Å². The topological polar surface area (TPSA) is 46.2 Å². The van der Waals surface area contributed by atoms with Crippen molar-refractivity contribution in [3.05, 3.63) is 29.8 Å². The molecule has 0 spiro atoms. The second kappa shape index (κ2) is 6.55. The van der Waals surface area contributed by atoms with Crippen molar-refractivity contribution in [2.24, 2.45) is 0 Å². The van der Waals surface area contributed by atoms with Gasteiger partial charge >= 0.3 is 0 Å². The van der Waals surface area contributed by atoms with Gasteiger partial charge in [-0.25, -0.2) is 0 Å². The molecule has 1 rings (SSSR count). The molecular weight excluding hydrogens is 282 g/mol. The lowest BCUT2D eigenvalue weighted by Gasteiger charge is -2.06. The van der Waals surface area contributed by atoms with Gasteiger partial charge in [-0.15, -0.1) is 0 Å². The van der Waals surface area contributed by atoms with Crippen molar-refractivity contribution in [2.75, 3.05) is 5.32 Å². The van der Waals surface area contributed by atoms with Crippen LogP contribution in [0.1, 0.15) is 37.0 Å². The standard InChI is InChI=1S/C13H16BrNO2/c1-3-4-12(16)15-11-7-5-10(6-8-11)13(17)9(2)14/h5-9H,3-4H2,1-2H3,(H,15,16). The summed E-state index contributed by atoms with van der Waals surface area (Å²) < 4.78 is 0. The smallest absolute Gasteiger partial charge is 0.224 e. The summed E-state index contributed by atoms with van der Waals surface area (Å²) in [6.07, 6.45) is 1.34. The first-order valence-electron chi connectivity index (χ1n) is 5.62. The van der Waals surface area contributed by atoms with Gasteiger partial charge in [-0.05, 0) is 37.6 Å². The van der Waals surface area contributed by atoms with Crippen LogP contribution in [-0.4, -0.2) is 16.5 Å². The zero-order valence-corrected chi connectivity index (χ0v) is 11.6. The Balaban J connectivity index is 2.68. The maximum absolute atomic E-state index is 11.6. The monoisotopic (exact) mass is 297 g/mol. The first-order chi connectivity index (χ1) is 8.04. The molecule has 1 aromatic rings. The summed E-state index contributed by atoms with van der Waals surface area (Å²) in [7, 11) is 0. The fourth-order valence-corrected chi connectivity index (χ4v) is 1.66. The molecule has 3 nitrogen and oxygen atoms in total. The highest BCUT2D eigenvalue weighted by Gasteiger charge is 2.11. The molecule has 1 amide bonds. The van der Waals surface area contributed by atoms with E-state index in [0.29, 0.717) is 12.0 Å². The van der Waals surface area contributed by atoms with Gasteiger partial charge in [0.05, 0.1) is 4.83 Å². The number of nitrogens with one attached hydrogen (secondary N) is 1. The molecule has 0 saturated carbocycles. The third-order valence-electron chi connectivity index (χ3n) is 2.29. The molecule has 0 aliphatic heterocycles. The van der Waals surface area contributed by atoms with E-state index in [1.165, 1.54) is 0 Å². The molecule has 0 fully saturated rings. The summed E-state index contributed by atoms with van der Waals surface area (Å²) in [5.74, 6) is 0.0388. The van der Waals surface area contributed by atoms with Crippen LogP contribution >= 0.6 is 15.9 Å². The predicted octanol–water partition coefficient (Wildman–Crippen LogP) is 3.39. The van der Waals surface area contributed by atoms with E-state index in [9.17, 15) is 9.59 Å². The Morgan fingerprint density at radius 3 is 2.35 bits per heavy atom. The highest BCUT2D eigenvalue weighted by Crippen LogP contribution is 2.14. The largest absolute Gasteiger partial charge is 0.326 e. The molecule has 92 valence electrons. The van der Waals surface area contributed by atoms with Crippen LogP contribution in [0.5, 0.6) is 0 Å². The number of carbonyl (C=O) groups excluding carboxylic acids is 2. The fourth-order valence-electron chi connectivity index (χ4n) is 1.40. The summed E-state index contributed by atoms with van der Waals surface area (Å²) in [4.78, 5) is 22.8. The van der Waals surface area contributed by atoms with Gasteiger partial charge in [-0.1, -0.05) is 22.9 Å². The summed E-state index contributed by atoms with van der Waals surface area (Å²) in [6, 6.07) is 6.94. The average molecular weight is 298 g/mol. The van der Waals surface area contributed by atoms with Gasteiger partial charge in [-0.3, -0.25) is 9.59 Å². The molecule has 1 aromatic carbocycles. The Morgan fingerprint density at radius 1 is 1.29 bits per heavy atom. The Morgan fingerprint density at radius 2 is 1.88 bits per heavy atom. The Hall–Kier alpha value is -1.16. The van der Waals surface area contributed by atoms with E-state index in [2.05, 4.69) is 21.2 Å². The number of hydrogen-bond acceptors (Lipinski definition) is 2. The second-order valence-corrected chi connectivity index (χ2v) is 5.23. The van der Waals surface area contributed by atoms with Crippen molar-refractivity contribution < 1.29 is 9.59 Å². The number of amides is 1. The average Bonchev–Trinajstić information content (AvgIpc) is 2.29. The second-order valence-electron chi connectivity index (χ2n) is 3.86. The first-order valence-corrected chi connectivity index (χ1v) is 6.54. The highest BCUT2D eigenvalue weighted by atomic mass is 79.9. The number of halogens is 1. The fraction of sp³-hybridized carbons (Fsp3) is 0.385. The van der Waals surface area contributed by atoms with E-state index in [0.717, 1.165) is 12.1 Å². The van der Waals surface area contributed by atoms with Crippen LogP contribution in [0.25, 0.3) is 0 Å². The molecule has 0 bridgehead atoms. The van der Waals surface area contributed by atoms with Crippen LogP contribution in [0, 0.1) is 0 Å². The maximum Gasteiger partial charge on any atom is 0.224 e. The molecule has 1 unspecified atom stereocenters. The van der Waals surface area contributed by atoms with E-state index >= 15 is 0 Å². The van der Waals surface area contributed by atoms with Crippen molar-refractivity contribution in [2.45, 2.75) is 31.5 Å². The number of Topliss-reactive ketones (excluding diaryl/α,β-unsaturated/α-hetero) is 1. The van der Waals surface area contributed by atoms with Crippen molar-refractivity contribution in [1.82, 2.24) is 0 Å². The summed E-state index contributed by atoms with van der Waals surface area (Å²) >= 11 is 3.24. The van der Waals surface area contributed by atoms with Crippen LogP contribution in [0.15, 0.2) is 24.3 Å². The normalized spacial score (nSPS) is 11.9. The van der Waals surface area contributed by atoms with Crippen molar-refractivity contribution >= 4 is 33.3 Å². The van der Waals surface area contributed by atoms with Crippen LogP contribution in [0.4, 0.5) is 5.69 Å². The number of hydrogen-bond donors (Lipinski definition) is 1. The number of carbonyl (C=O) groups is 2. The van der Waals surface area contributed by atoms with Gasteiger partial charge in [0.2, 0.25) is 5.91 Å². The Kier molecular flexibility index (Phi) is 5.35. The maximum atomic E-state index is 11.6. The molecule has 0 aliphatic rings. The Bertz CT molecular complexity index is 398. The number of alkyl halides is 1. The zero-order chi connectivity index (χ0) is 12.8. The molecule has 0 aromatic heterocycles. The third kappa shape index (κ3) is 4.30. The minimum atomic E-state index is -0.192. The van der Waals surface area contributed by atoms with Crippen LogP contribution in [0.2, 0.25) is 0 Å². The number of benzene rings is 1. The minimum absolute atomic E-state index is 0.000404. The molecule has 1 N–H and O–H groups in total. The number of ketones is 1. The van der Waals surface area contributed by atoms with Gasteiger partial charge in [-0.2, -0.15) is 0 Å². The summed E-state index contributed by atoms with van der Waals surface area (Å²) in [5, 5.41) is 2.78. The minimum Gasteiger partial charge on any atom is -0.326 e. The van der Waals surface area contributed by atoms with Gasteiger partial charge in [0.25, 0.3) is 0 Å². The van der Waals surface area contributed by atoms with Crippen LogP contribution in [-0.2, 0) is 4.79 Å². The van der Waals surface area contributed by atoms with Gasteiger partial charge in [0, 0.05) is 17.7 Å². The molecule has 0 saturated heterocycles. The van der Waals surface area contributed by atoms with Crippen LogP contribution in [0.3, 0.4) is 0 Å². The summed E-state index contributed by atoms with van der Waals surface area (Å²) in [5.41, 5.74) is 1.37. The SMILES string of the molecule is CCCC(=O)Nc1ccc(C(=O)C(C)Br)cc1. The lowest BCUT2D eigenvalue weighted by molar-refractivity contribution is -0.116. The van der Waals surface area contributed by atoms with Gasteiger partial charge < -0.3 is 5.32 Å². The van der Waals surface area contributed by atoms with E-state index in [1.54, 1.807) is 31.2 Å². The summed E-state index contributed by atoms with van der Waals surface area (Å²) in [6.45, 7) is 3.75. The quantitative estimate of drug-likeness (QED) is 0.669. The molecule has 4 heteroatoms. The molecule has 0 radical (unpaired) electrons. The Labute approximate surface area is 110 Å². The van der Waals surface area contributed by atoms with E-state index in [-0.39, 0.29) is 16.5 Å². The van der Waals surface area contributed by atoms with Crippen molar-refractivity contribution in [1.29, 1.82) is 0 Å². The lowest BCUT2D eigenvalue weighted by atomic mass is 10.1. The van der Waals surface area contributed by atoms with E-state index < -0.39 is 0 Å². The molecule has 0 heterocycles. The van der Waals surface area contributed by atoms with Crippen molar-refractivity contribution in [3.8, 4) is 0 Å². The molecule has 1 atom stereocenters.